The van der Waals surface area contributed by atoms with Crippen LogP contribution in [0.25, 0.3) is 6.08 Å². The molecule has 0 saturated heterocycles. The summed E-state index contributed by atoms with van der Waals surface area (Å²) >= 11 is 0. The van der Waals surface area contributed by atoms with Gasteiger partial charge in [-0.3, -0.25) is 14.4 Å². The van der Waals surface area contributed by atoms with Crippen molar-refractivity contribution in [3.63, 3.8) is 0 Å². The second-order valence-corrected chi connectivity index (χ2v) is 8.94. The van der Waals surface area contributed by atoms with E-state index in [1.54, 1.807) is 6.07 Å². The van der Waals surface area contributed by atoms with E-state index in [9.17, 15) is 40.7 Å². The van der Waals surface area contributed by atoms with E-state index >= 15 is 0 Å². The molecular formula is C27H24F6O4. The number of ketones is 2. The SMILES string of the molecule is O=C(O)CCCCCCC(=O)c1ccc2c(c1)CC/C(=C\c1cc(C(F)(F)F)cc(C(F)(F)F)c1)C2=O. The molecule has 0 aliphatic heterocycles. The van der Waals surface area contributed by atoms with Gasteiger partial charge < -0.3 is 5.11 Å². The average Bonchev–Trinajstić information content (AvgIpc) is 2.81. The lowest BCUT2D eigenvalue weighted by molar-refractivity contribution is -0.143. The quantitative estimate of drug-likeness (QED) is 0.159. The third-order valence-electron chi connectivity index (χ3n) is 6.12. The standard InChI is InChI=1S/C27H24F6O4/c28-26(29,30)20-12-16(13-21(15-20)27(31,32)33)11-19-8-7-17-14-18(9-10-22(17)25(19)37)23(34)5-3-1-2-4-6-24(35)36/h9-15H,1-8H2,(H,35,36)/b19-11+. The Morgan fingerprint density at radius 3 is 1.97 bits per heavy atom. The van der Waals surface area contributed by atoms with Crippen molar-refractivity contribution < 1.29 is 45.8 Å². The van der Waals surface area contributed by atoms with Crippen molar-refractivity contribution in [2.45, 2.75) is 63.7 Å². The van der Waals surface area contributed by atoms with Gasteiger partial charge in [-0.05, 0) is 67.2 Å². The Hall–Kier alpha value is -3.43. The molecule has 0 saturated carbocycles. The summed E-state index contributed by atoms with van der Waals surface area (Å²) in [5.41, 5.74) is -1.94. The Morgan fingerprint density at radius 2 is 1.41 bits per heavy atom. The van der Waals surface area contributed by atoms with E-state index in [2.05, 4.69) is 0 Å². The molecule has 198 valence electrons. The molecular weight excluding hydrogens is 502 g/mol. The highest BCUT2D eigenvalue weighted by Crippen LogP contribution is 2.37. The van der Waals surface area contributed by atoms with Crippen LogP contribution in [0.15, 0.2) is 42.0 Å². The number of alkyl halides is 6. The molecule has 0 heterocycles. The molecule has 3 rings (SSSR count). The molecule has 37 heavy (non-hydrogen) atoms. The van der Waals surface area contributed by atoms with E-state index in [-0.39, 0.29) is 47.8 Å². The smallest absolute Gasteiger partial charge is 0.416 e. The molecule has 0 unspecified atom stereocenters. The van der Waals surface area contributed by atoms with E-state index < -0.39 is 35.2 Å². The van der Waals surface area contributed by atoms with E-state index in [0.29, 0.717) is 55.4 Å². The van der Waals surface area contributed by atoms with Crippen molar-refractivity contribution in [3.8, 4) is 0 Å². The Labute approximate surface area is 209 Å². The molecule has 1 aliphatic carbocycles. The predicted molar refractivity (Wildman–Crippen MR) is 123 cm³/mol. The van der Waals surface area contributed by atoms with Crippen LogP contribution in [0, 0.1) is 0 Å². The van der Waals surface area contributed by atoms with Gasteiger partial charge >= 0.3 is 18.3 Å². The first-order chi connectivity index (χ1) is 17.3. The van der Waals surface area contributed by atoms with Crippen molar-refractivity contribution >= 4 is 23.6 Å². The molecule has 0 fully saturated rings. The molecule has 2 aromatic rings. The fraction of sp³-hybridized carbons (Fsp3) is 0.370. The van der Waals surface area contributed by atoms with Gasteiger partial charge in [0, 0.05) is 29.5 Å². The lowest BCUT2D eigenvalue weighted by Gasteiger charge is -2.19. The summed E-state index contributed by atoms with van der Waals surface area (Å²) in [6.07, 6.45) is -5.62. The number of carbonyl (C=O) groups excluding carboxylic acids is 2. The van der Waals surface area contributed by atoms with Gasteiger partial charge in [-0.1, -0.05) is 25.0 Å². The number of unbranched alkanes of at least 4 members (excludes halogenated alkanes) is 3. The number of fused-ring (bicyclic) bond motifs is 1. The number of benzene rings is 2. The first kappa shape index (κ1) is 28.1. The summed E-state index contributed by atoms with van der Waals surface area (Å²) in [5.74, 6) is -1.50. The molecule has 1 N–H and O–H groups in total. The fourth-order valence-electron chi connectivity index (χ4n) is 4.21. The number of hydrogen-bond donors (Lipinski definition) is 1. The van der Waals surface area contributed by atoms with Crippen LogP contribution in [-0.2, 0) is 23.6 Å². The van der Waals surface area contributed by atoms with Crippen LogP contribution in [0.4, 0.5) is 26.3 Å². The Bertz CT molecular complexity index is 1190. The highest BCUT2D eigenvalue weighted by atomic mass is 19.4. The monoisotopic (exact) mass is 526 g/mol. The number of rotatable bonds is 9. The fourth-order valence-corrected chi connectivity index (χ4v) is 4.21. The first-order valence-corrected chi connectivity index (χ1v) is 11.7. The van der Waals surface area contributed by atoms with Gasteiger partial charge in [-0.15, -0.1) is 0 Å². The van der Waals surface area contributed by atoms with E-state index in [0.717, 1.165) is 6.08 Å². The summed E-state index contributed by atoms with van der Waals surface area (Å²) < 4.78 is 78.9. The van der Waals surface area contributed by atoms with Crippen molar-refractivity contribution in [1.29, 1.82) is 0 Å². The van der Waals surface area contributed by atoms with Gasteiger partial charge in [0.1, 0.15) is 0 Å². The van der Waals surface area contributed by atoms with Gasteiger partial charge in [-0.25, -0.2) is 0 Å². The van der Waals surface area contributed by atoms with Crippen LogP contribution in [0.1, 0.15) is 87.9 Å². The highest BCUT2D eigenvalue weighted by molar-refractivity contribution is 6.13. The second-order valence-electron chi connectivity index (χ2n) is 8.94. The maximum Gasteiger partial charge on any atom is 0.416 e. The Balaban J connectivity index is 1.75. The minimum absolute atomic E-state index is 0.0363. The van der Waals surface area contributed by atoms with Crippen molar-refractivity contribution in [2.75, 3.05) is 0 Å². The number of hydrogen-bond acceptors (Lipinski definition) is 3. The molecule has 1 aliphatic rings. The lowest BCUT2D eigenvalue weighted by atomic mass is 9.84. The minimum atomic E-state index is -4.99. The van der Waals surface area contributed by atoms with E-state index in [1.807, 2.05) is 0 Å². The summed E-state index contributed by atoms with van der Waals surface area (Å²) in [7, 11) is 0. The molecule has 2 aromatic carbocycles. The normalized spacial score (nSPS) is 15.1. The number of carbonyl (C=O) groups is 3. The summed E-state index contributed by atoms with van der Waals surface area (Å²) in [6, 6.07) is 5.73. The molecule has 0 atom stereocenters. The molecule has 0 amide bonds. The number of carboxylic acid groups (broad SMARTS) is 1. The summed E-state index contributed by atoms with van der Waals surface area (Å²) in [6.45, 7) is 0. The average molecular weight is 526 g/mol. The maximum absolute atomic E-state index is 13.1. The van der Waals surface area contributed by atoms with Gasteiger partial charge in [-0.2, -0.15) is 26.3 Å². The third-order valence-corrected chi connectivity index (χ3v) is 6.12. The second kappa shape index (κ2) is 11.3. The Morgan fingerprint density at radius 1 is 0.811 bits per heavy atom. The van der Waals surface area contributed by atoms with Gasteiger partial charge in [0.05, 0.1) is 11.1 Å². The van der Waals surface area contributed by atoms with Crippen LogP contribution in [0.3, 0.4) is 0 Å². The zero-order valence-corrected chi connectivity index (χ0v) is 19.6. The van der Waals surface area contributed by atoms with Crippen LogP contribution in [-0.4, -0.2) is 22.6 Å². The van der Waals surface area contributed by atoms with Crippen LogP contribution in [0.2, 0.25) is 0 Å². The molecule has 0 spiro atoms. The third kappa shape index (κ3) is 7.53. The van der Waals surface area contributed by atoms with Crippen LogP contribution < -0.4 is 0 Å². The molecule has 4 nitrogen and oxygen atoms in total. The van der Waals surface area contributed by atoms with Crippen molar-refractivity contribution in [2.24, 2.45) is 0 Å². The van der Waals surface area contributed by atoms with Crippen molar-refractivity contribution in [1.82, 2.24) is 0 Å². The lowest BCUT2D eigenvalue weighted by Crippen LogP contribution is -2.15. The van der Waals surface area contributed by atoms with Crippen molar-refractivity contribution in [3.05, 3.63) is 75.4 Å². The first-order valence-electron chi connectivity index (χ1n) is 11.7. The minimum Gasteiger partial charge on any atom is -0.481 e. The topological polar surface area (TPSA) is 71.4 Å². The van der Waals surface area contributed by atoms with E-state index in [4.69, 9.17) is 5.11 Å². The number of halogens is 6. The molecule has 0 bridgehead atoms. The zero-order chi connectivity index (χ0) is 27.4. The Kier molecular flexibility index (Phi) is 8.60. The largest absolute Gasteiger partial charge is 0.481 e. The number of carboxylic acids is 1. The van der Waals surface area contributed by atoms with Crippen LogP contribution in [0.5, 0.6) is 0 Å². The maximum atomic E-state index is 13.1. The van der Waals surface area contributed by atoms with Crippen LogP contribution >= 0.6 is 0 Å². The molecule has 0 aromatic heterocycles. The van der Waals surface area contributed by atoms with Gasteiger partial charge in [0.25, 0.3) is 0 Å². The number of aliphatic carboxylic acids is 1. The predicted octanol–water partition coefficient (Wildman–Crippen LogP) is 7.54. The van der Waals surface area contributed by atoms with E-state index in [1.165, 1.54) is 12.1 Å². The number of Topliss-reactive ketones (excluding diaryl/α,β-unsaturated/α-hetero) is 2. The molecule has 10 heteroatoms. The number of allylic oxidation sites excluding steroid dienone is 1. The summed E-state index contributed by atoms with van der Waals surface area (Å²) in [4.78, 5) is 36.0. The van der Waals surface area contributed by atoms with Gasteiger partial charge in [0.2, 0.25) is 0 Å². The summed E-state index contributed by atoms with van der Waals surface area (Å²) in [5, 5.41) is 8.63. The zero-order valence-electron chi connectivity index (χ0n) is 19.6. The number of aryl methyl sites for hydroxylation is 1. The van der Waals surface area contributed by atoms with Gasteiger partial charge in [0.15, 0.2) is 11.6 Å². The highest BCUT2D eigenvalue weighted by Gasteiger charge is 2.37. The molecule has 0 radical (unpaired) electrons.